The fraction of sp³-hybridized carbons (Fsp3) is 0.234. The van der Waals surface area contributed by atoms with Crippen molar-refractivity contribution in [3.8, 4) is 0 Å². The van der Waals surface area contributed by atoms with Crippen LogP contribution >= 0.6 is 0 Å². The molecule has 6 aromatic heterocycles. The van der Waals surface area contributed by atoms with Crippen molar-refractivity contribution in [2.24, 2.45) is 0 Å². The highest BCUT2D eigenvalue weighted by Gasteiger charge is 2.17. The Bertz CT molecular complexity index is 5640. The molecule has 23 heteroatoms. The highest BCUT2D eigenvalue weighted by molar-refractivity contribution is 5.92. The number of nitrogens with zero attached hydrogens (tertiary/aromatic N) is 12. The van der Waals surface area contributed by atoms with Gasteiger partial charge in [0.05, 0.1) is 16.6 Å². The number of pyridine rings is 3. The molecule has 1 atom stereocenters. The Balaban J connectivity index is 0.000000153. The van der Waals surface area contributed by atoms with Crippen molar-refractivity contribution in [1.82, 2.24) is 59.8 Å². The standard InChI is InChI=1S/C33H38N8.C31H33N7.C30H32N8/c1-23-16-17-26-29(18-21-35-30(26)22-23)34-19-10-4-5-11-20-36-31-39-32(37-27-14-8-6-12-24(27)2)41-33(40-31)38-28-15-9-7-13-25(28)3;1-20-13-16-25-24(17-18-32-28(25)19-20)15-14-23(4)33-29-36-30(34-26-11-7-5-9-21(26)2)38-31(37-29)35-27-12-8-6-10-22(27)3;1-20-13-14-23-26(15-18-32-27(23)19-20)31-16-8-17-33-28-36-29(34-24-11-6-4-9-21(24)2)38-30(37-28)35-25-12-7-5-10-22(25)3/h6-9,12-18,21-22H,4-5,10-11,19-20H2,1-3H3,(H,34,35)(H3,36,37,38,39,40,41);5-13,16-19,23H,14-15H2,1-4H3,(H3,33,34,35,36,37,38);4-7,9-15,18-19H,8,16-17H2,1-3H3,(H,31,32)(H3,33,34,35,36,37,38). The lowest BCUT2D eigenvalue weighted by molar-refractivity contribution is 0.669. The van der Waals surface area contributed by atoms with Crippen LogP contribution in [0, 0.1) is 62.3 Å². The molecular formula is C94H103N23. The molecule has 117 heavy (non-hydrogen) atoms. The predicted molar refractivity (Wildman–Crippen MR) is 484 cm³/mol. The number of nitrogens with one attached hydrogen (secondary N) is 11. The first-order valence-electron chi connectivity index (χ1n) is 40.1. The number of hydrogen-bond donors (Lipinski definition) is 11. The fourth-order valence-electron chi connectivity index (χ4n) is 13.3. The van der Waals surface area contributed by atoms with Gasteiger partial charge in [0.15, 0.2) is 0 Å². The first-order valence-corrected chi connectivity index (χ1v) is 40.1. The molecule has 0 aliphatic carbocycles. The number of aromatic nitrogens is 12. The zero-order valence-electron chi connectivity index (χ0n) is 68.2. The van der Waals surface area contributed by atoms with E-state index in [1.807, 2.05) is 134 Å². The van der Waals surface area contributed by atoms with Crippen LogP contribution in [-0.2, 0) is 6.42 Å². The Labute approximate surface area is 685 Å². The number of rotatable bonds is 32. The molecule has 6 heterocycles. The lowest BCUT2D eigenvalue weighted by Gasteiger charge is -2.17. The summed E-state index contributed by atoms with van der Waals surface area (Å²) in [6.45, 7) is 24.0. The third-order valence-electron chi connectivity index (χ3n) is 19.9. The zero-order chi connectivity index (χ0) is 81.2. The van der Waals surface area contributed by atoms with E-state index in [0.29, 0.717) is 60.1 Å². The first kappa shape index (κ1) is 81.1. The van der Waals surface area contributed by atoms with E-state index in [2.05, 4.69) is 281 Å². The maximum atomic E-state index is 4.69. The molecule has 9 aromatic carbocycles. The van der Waals surface area contributed by atoms with Crippen molar-refractivity contribution in [2.75, 3.05) is 84.7 Å². The smallest absolute Gasteiger partial charge is 0.233 e. The van der Waals surface area contributed by atoms with Gasteiger partial charge in [-0.15, -0.1) is 0 Å². The Morgan fingerprint density at radius 1 is 0.256 bits per heavy atom. The molecule has 15 aromatic rings. The average Bonchev–Trinajstić information content (AvgIpc) is 0.751. The second-order valence-corrected chi connectivity index (χ2v) is 29.4. The number of fused-ring (bicyclic) bond motifs is 3. The molecule has 0 saturated carbocycles. The van der Waals surface area contributed by atoms with E-state index in [9.17, 15) is 0 Å². The highest BCUT2D eigenvalue weighted by atomic mass is 15.3. The maximum absolute atomic E-state index is 4.69. The van der Waals surface area contributed by atoms with E-state index in [-0.39, 0.29) is 6.04 Å². The van der Waals surface area contributed by atoms with Crippen molar-refractivity contribution in [3.05, 3.63) is 293 Å². The van der Waals surface area contributed by atoms with E-state index in [1.54, 1.807) is 0 Å². The molecular weight excluding hydrogens is 1450 g/mol. The van der Waals surface area contributed by atoms with Gasteiger partial charge in [-0.2, -0.15) is 44.9 Å². The number of unbranched alkanes of at least 4 members (excludes halogenated alkanes) is 3. The molecule has 0 spiro atoms. The summed E-state index contributed by atoms with van der Waals surface area (Å²) in [5.74, 6) is 4.50. The minimum absolute atomic E-state index is 0.142. The zero-order valence-corrected chi connectivity index (χ0v) is 68.2. The number of hydrogen-bond acceptors (Lipinski definition) is 23. The minimum atomic E-state index is 0.142. The molecule has 15 rings (SSSR count). The van der Waals surface area contributed by atoms with Gasteiger partial charge in [0.25, 0.3) is 0 Å². The van der Waals surface area contributed by atoms with E-state index in [4.69, 9.17) is 9.97 Å². The highest BCUT2D eigenvalue weighted by Crippen LogP contribution is 2.30. The number of para-hydroxylation sites is 6. The fourth-order valence-corrected chi connectivity index (χ4v) is 13.3. The van der Waals surface area contributed by atoms with Crippen molar-refractivity contribution in [1.29, 1.82) is 0 Å². The van der Waals surface area contributed by atoms with Crippen LogP contribution in [0.1, 0.15) is 101 Å². The molecule has 1 unspecified atom stereocenters. The molecule has 11 N–H and O–H groups in total. The first-order chi connectivity index (χ1) is 57.0. The van der Waals surface area contributed by atoms with Gasteiger partial charge in [-0.3, -0.25) is 15.0 Å². The van der Waals surface area contributed by atoms with Crippen LogP contribution in [0.4, 0.5) is 99.0 Å². The number of benzene rings is 9. The Morgan fingerprint density at radius 3 is 0.889 bits per heavy atom. The molecule has 0 fully saturated rings. The third-order valence-corrected chi connectivity index (χ3v) is 19.9. The van der Waals surface area contributed by atoms with Gasteiger partial charge >= 0.3 is 0 Å². The second-order valence-electron chi connectivity index (χ2n) is 29.4. The van der Waals surface area contributed by atoms with E-state index < -0.39 is 0 Å². The molecule has 23 nitrogen and oxygen atoms in total. The molecule has 0 bridgehead atoms. The van der Waals surface area contributed by atoms with Crippen LogP contribution in [0.5, 0.6) is 0 Å². The van der Waals surface area contributed by atoms with Crippen LogP contribution in [0.15, 0.2) is 237 Å². The van der Waals surface area contributed by atoms with Gasteiger partial charge in [0.2, 0.25) is 53.5 Å². The van der Waals surface area contributed by atoms with Crippen LogP contribution in [0.25, 0.3) is 32.7 Å². The van der Waals surface area contributed by atoms with E-state index >= 15 is 0 Å². The second kappa shape index (κ2) is 40.2. The van der Waals surface area contributed by atoms with Crippen molar-refractivity contribution in [3.63, 3.8) is 0 Å². The van der Waals surface area contributed by atoms with Gasteiger partial charge in [-0.1, -0.05) is 158 Å². The summed E-state index contributed by atoms with van der Waals surface area (Å²) >= 11 is 0. The molecule has 594 valence electrons. The lowest BCUT2D eigenvalue weighted by atomic mass is 10.0. The monoisotopic (exact) mass is 1550 g/mol. The molecule has 0 radical (unpaired) electrons. The Kier molecular flexibility index (Phi) is 27.8. The Hall–Kier alpha value is -14.0. The predicted octanol–water partition coefficient (Wildman–Crippen LogP) is 21.9. The lowest BCUT2D eigenvalue weighted by Crippen LogP contribution is -2.19. The SMILES string of the molecule is Cc1ccc2c(CCC(C)Nc3nc(Nc4ccccc4C)nc(Nc4ccccc4C)n3)ccnc2c1.Cc1ccc2c(NCCCCCCNc3nc(Nc4ccccc4C)nc(Nc4ccccc4C)n3)ccnc2c1.Cc1ccc2c(NCCCNc3nc(Nc4ccccc4C)nc(Nc4ccccc4C)n3)ccnc2c1. The summed E-state index contributed by atoms with van der Waals surface area (Å²) in [4.78, 5) is 55.4. The van der Waals surface area contributed by atoms with Crippen molar-refractivity contribution >= 4 is 132 Å². The van der Waals surface area contributed by atoms with E-state index in [1.165, 1.54) is 33.0 Å². The van der Waals surface area contributed by atoms with E-state index in [0.717, 1.165) is 165 Å². The average molecular weight is 1560 g/mol. The summed E-state index contributed by atoms with van der Waals surface area (Å²) < 4.78 is 0. The van der Waals surface area contributed by atoms with Crippen LogP contribution in [0.3, 0.4) is 0 Å². The Morgan fingerprint density at radius 2 is 0.538 bits per heavy atom. The number of aryl methyl sites for hydroxylation is 10. The third kappa shape index (κ3) is 23.4. The normalized spacial score (nSPS) is 11.2. The molecule has 0 saturated heterocycles. The maximum Gasteiger partial charge on any atom is 0.233 e. The summed E-state index contributed by atoms with van der Waals surface area (Å²) in [5.41, 5.74) is 22.7. The van der Waals surface area contributed by atoms with Gasteiger partial charge in [-0.05, 0) is 230 Å². The molecule has 0 amide bonds. The summed E-state index contributed by atoms with van der Waals surface area (Å²) in [6.07, 6.45) is 12.7. The summed E-state index contributed by atoms with van der Waals surface area (Å²) in [6, 6.07) is 74.0. The van der Waals surface area contributed by atoms with Gasteiger partial charge in [-0.25, -0.2) is 0 Å². The summed E-state index contributed by atoms with van der Waals surface area (Å²) in [7, 11) is 0. The topological polar surface area (TPSA) is 287 Å². The minimum Gasteiger partial charge on any atom is -0.384 e. The molecule has 0 aliphatic heterocycles. The molecule has 0 aliphatic rings. The largest absolute Gasteiger partial charge is 0.384 e. The van der Waals surface area contributed by atoms with Gasteiger partial charge in [0, 0.05) is 112 Å². The van der Waals surface area contributed by atoms with Gasteiger partial charge < -0.3 is 58.5 Å². The van der Waals surface area contributed by atoms with Crippen molar-refractivity contribution in [2.45, 2.75) is 120 Å². The van der Waals surface area contributed by atoms with Gasteiger partial charge in [0.1, 0.15) is 0 Å². The quantitative estimate of drug-likeness (QED) is 0.0175. The van der Waals surface area contributed by atoms with Crippen LogP contribution < -0.4 is 58.5 Å². The van der Waals surface area contributed by atoms with Crippen LogP contribution in [-0.4, -0.2) is 92.0 Å². The summed E-state index contributed by atoms with van der Waals surface area (Å²) in [5, 5.41) is 41.0. The van der Waals surface area contributed by atoms with Crippen LogP contribution in [0.2, 0.25) is 0 Å². The number of anilines is 17. The van der Waals surface area contributed by atoms with Crippen molar-refractivity contribution < 1.29 is 0 Å².